The summed E-state index contributed by atoms with van der Waals surface area (Å²) in [6, 6.07) is 8.79. The normalized spacial score (nSPS) is 15.1. The topological polar surface area (TPSA) is 117 Å². The lowest BCUT2D eigenvalue weighted by atomic mass is 10.2. The average molecular weight is 378 g/mol. The number of nitrogens with zero attached hydrogens (tertiary/aromatic N) is 1. The Morgan fingerprint density at radius 2 is 1.65 bits per heavy atom. The van der Waals surface area contributed by atoms with E-state index in [0.29, 0.717) is 18.7 Å². The van der Waals surface area contributed by atoms with Gasteiger partial charge >= 0.3 is 5.97 Å². The maximum Gasteiger partial charge on any atom is 0.371 e. The lowest BCUT2D eigenvalue weighted by Crippen LogP contribution is -2.27. The van der Waals surface area contributed by atoms with Crippen molar-refractivity contribution in [3.05, 3.63) is 53.5 Å². The molecule has 2 heterocycles. The molecule has 8 nitrogen and oxygen atoms in total. The van der Waals surface area contributed by atoms with Gasteiger partial charge in [-0.15, -0.1) is 0 Å². The summed E-state index contributed by atoms with van der Waals surface area (Å²) in [7, 11) is -3.46. The van der Waals surface area contributed by atoms with Crippen LogP contribution in [0.3, 0.4) is 0 Å². The van der Waals surface area contributed by atoms with Crippen LogP contribution in [-0.4, -0.2) is 42.8 Å². The van der Waals surface area contributed by atoms with Gasteiger partial charge in [0.25, 0.3) is 5.91 Å². The summed E-state index contributed by atoms with van der Waals surface area (Å²) >= 11 is 0. The highest BCUT2D eigenvalue weighted by Gasteiger charge is 2.26. The predicted molar refractivity (Wildman–Crippen MR) is 91.3 cm³/mol. The molecule has 26 heavy (non-hydrogen) atoms. The molecule has 9 heteroatoms. The van der Waals surface area contributed by atoms with Crippen molar-refractivity contribution >= 4 is 21.9 Å². The monoisotopic (exact) mass is 378 g/mol. The second-order valence-electron chi connectivity index (χ2n) is 5.91. The summed E-state index contributed by atoms with van der Waals surface area (Å²) in [6.07, 6.45) is 1.75. The number of benzene rings is 1. The van der Waals surface area contributed by atoms with Crippen LogP contribution in [0, 0.1) is 0 Å². The lowest BCUT2D eigenvalue weighted by molar-refractivity contribution is 0.0659. The minimum Gasteiger partial charge on any atom is -0.475 e. The van der Waals surface area contributed by atoms with Gasteiger partial charge in [0.05, 0.1) is 4.90 Å². The molecule has 1 aliphatic heterocycles. The Bertz CT molecular complexity index is 911. The third kappa shape index (κ3) is 3.78. The summed E-state index contributed by atoms with van der Waals surface area (Å²) in [4.78, 5) is 22.9. The largest absolute Gasteiger partial charge is 0.475 e. The van der Waals surface area contributed by atoms with Crippen LogP contribution in [0.5, 0.6) is 0 Å². The first-order chi connectivity index (χ1) is 12.4. The molecule has 1 aromatic heterocycles. The highest BCUT2D eigenvalue weighted by Crippen LogP contribution is 2.21. The van der Waals surface area contributed by atoms with E-state index in [4.69, 9.17) is 9.52 Å². The molecule has 0 radical (unpaired) electrons. The number of carbonyl (C=O) groups excluding carboxylic acids is 1. The number of amides is 1. The zero-order valence-corrected chi connectivity index (χ0v) is 14.7. The Balaban J connectivity index is 1.62. The van der Waals surface area contributed by atoms with Crippen LogP contribution >= 0.6 is 0 Å². The van der Waals surface area contributed by atoms with E-state index in [0.717, 1.165) is 12.8 Å². The summed E-state index contributed by atoms with van der Waals surface area (Å²) in [6.45, 7) is 1.25. The number of aromatic carboxylic acids is 1. The molecule has 1 aromatic carbocycles. The molecule has 1 aliphatic rings. The van der Waals surface area contributed by atoms with Crippen LogP contribution in [0.15, 0.2) is 45.7 Å². The van der Waals surface area contributed by atoms with Gasteiger partial charge in [-0.05, 0) is 42.7 Å². The van der Waals surface area contributed by atoms with Crippen LogP contribution < -0.4 is 5.32 Å². The minimum absolute atomic E-state index is 0.101. The van der Waals surface area contributed by atoms with Gasteiger partial charge in [-0.1, -0.05) is 12.1 Å². The van der Waals surface area contributed by atoms with Gasteiger partial charge in [-0.3, -0.25) is 4.79 Å². The highest BCUT2D eigenvalue weighted by molar-refractivity contribution is 7.89. The van der Waals surface area contributed by atoms with E-state index in [1.54, 1.807) is 12.1 Å². The number of hydrogen-bond donors (Lipinski definition) is 2. The van der Waals surface area contributed by atoms with Gasteiger partial charge in [-0.25, -0.2) is 13.2 Å². The molecule has 0 spiro atoms. The molecule has 3 rings (SSSR count). The molecular weight excluding hydrogens is 360 g/mol. The van der Waals surface area contributed by atoms with Crippen molar-refractivity contribution < 1.29 is 27.5 Å². The fraction of sp³-hybridized carbons (Fsp3) is 0.294. The van der Waals surface area contributed by atoms with Gasteiger partial charge in [0, 0.05) is 19.6 Å². The second kappa shape index (κ2) is 7.30. The van der Waals surface area contributed by atoms with Crippen LogP contribution in [0.25, 0.3) is 0 Å². The molecule has 2 aromatic rings. The van der Waals surface area contributed by atoms with Crippen LogP contribution in [0.2, 0.25) is 0 Å². The molecule has 0 aliphatic carbocycles. The Morgan fingerprint density at radius 3 is 2.23 bits per heavy atom. The van der Waals surface area contributed by atoms with Crippen molar-refractivity contribution in [3.8, 4) is 0 Å². The molecule has 0 saturated carbocycles. The number of sulfonamides is 1. The Hall–Kier alpha value is -2.65. The average Bonchev–Trinajstić information content (AvgIpc) is 3.31. The van der Waals surface area contributed by atoms with Gasteiger partial charge in [0.2, 0.25) is 15.8 Å². The molecule has 2 N–H and O–H groups in total. The Morgan fingerprint density at radius 1 is 1.04 bits per heavy atom. The SMILES string of the molecule is O=C(O)c1ccc(C(=O)NCc2ccc(S(=O)(=O)N3CCCC3)cc2)o1. The fourth-order valence-corrected chi connectivity index (χ4v) is 4.22. The quantitative estimate of drug-likeness (QED) is 0.790. The number of rotatable bonds is 6. The Labute approximate surface area is 150 Å². The summed E-state index contributed by atoms with van der Waals surface area (Å²) in [5.74, 6) is -2.22. The maximum absolute atomic E-state index is 12.5. The number of carbonyl (C=O) groups is 2. The summed E-state index contributed by atoms with van der Waals surface area (Å²) < 4.78 is 31.3. The highest BCUT2D eigenvalue weighted by atomic mass is 32.2. The molecule has 1 saturated heterocycles. The fourth-order valence-electron chi connectivity index (χ4n) is 2.70. The van der Waals surface area contributed by atoms with E-state index in [2.05, 4.69) is 5.32 Å². The summed E-state index contributed by atoms with van der Waals surface area (Å²) in [5, 5.41) is 11.4. The minimum atomic E-state index is -3.46. The first kappa shape index (κ1) is 18.2. The van der Waals surface area contributed by atoms with Crippen molar-refractivity contribution in [1.82, 2.24) is 9.62 Å². The molecular formula is C17H18N2O6S. The van der Waals surface area contributed by atoms with Crippen molar-refractivity contribution in [2.75, 3.05) is 13.1 Å². The third-order valence-corrected chi connectivity index (χ3v) is 6.03. The number of hydrogen-bond acceptors (Lipinski definition) is 5. The zero-order chi connectivity index (χ0) is 18.7. The van der Waals surface area contributed by atoms with Crippen LogP contribution in [0.4, 0.5) is 0 Å². The number of furan rings is 1. The molecule has 138 valence electrons. The van der Waals surface area contributed by atoms with E-state index in [1.165, 1.54) is 28.6 Å². The first-order valence-corrected chi connectivity index (χ1v) is 9.52. The van der Waals surface area contributed by atoms with Gasteiger partial charge in [-0.2, -0.15) is 4.31 Å². The maximum atomic E-state index is 12.5. The van der Waals surface area contributed by atoms with Gasteiger partial charge in [0.15, 0.2) is 5.76 Å². The van der Waals surface area contributed by atoms with Gasteiger partial charge in [0.1, 0.15) is 0 Å². The molecule has 1 amide bonds. The first-order valence-electron chi connectivity index (χ1n) is 8.08. The third-order valence-electron chi connectivity index (χ3n) is 4.12. The Kier molecular flexibility index (Phi) is 5.10. The lowest BCUT2D eigenvalue weighted by Gasteiger charge is -2.15. The molecule has 1 fully saturated rings. The van der Waals surface area contributed by atoms with Crippen molar-refractivity contribution in [3.63, 3.8) is 0 Å². The van der Waals surface area contributed by atoms with Crippen molar-refractivity contribution in [2.45, 2.75) is 24.3 Å². The molecule has 0 atom stereocenters. The van der Waals surface area contributed by atoms with E-state index in [1.807, 2.05) is 0 Å². The van der Waals surface area contributed by atoms with Crippen molar-refractivity contribution in [2.24, 2.45) is 0 Å². The zero-order valence-electron chi connectivity index (χ0n) is 13.8. The summed E-state index contributed by atoms with van der Waals surface area (Å²) in [5.41, 5.74) is 0.712. The number of carboxylic acid groups (broad SMARTS) is 1. The predicted octanol–water partition coefficient (Wildman–Crippen LogP) is 1.69. The van der Waals surface area contributed by atoms with E-state index >= 15 is 0 Å². The van der Waals surface area contributed by atoms with Gasteiger partial charge < -0.3 is 14.8 Å². The molecule has 0 unspecified atom stereocenters. The van der Waals surface area contributed by atoms with Crippen molar-refractivity contribution in [1.29, 1.82) is 0 Å². The van der Waals surface area contributed by atoms with E-state index in [-0.39, 0.29) is 23.0 Å². The second-order valence-corrected chi connectivity index (χ2v) is 7.84. The van der Waals surface area contributed by atoms with Crippen LogP contribution in [-0.2, 0) is 16.6 Å². The number of carboxylic acids is 1. The van der Waals surface area contributed by atoms with E-state index < -0.39 is 21.9 Å². The van der Waals surface area contributed by atoms with Crippen LogP contribution in [0.1, 0.15) is 39.5 Å². The van der Waals surface area contributed by atoms with E-state index in [9.17, 15) is 18.0 Å². The smallest absolute Gasteiger partial charge is 0.371 e. The number of nitrogens with one attached hydrogen (secondary N) is 1. The molecule has 0 bridgehead atoms. The standard InChI is InChI=1S/C17H18N2O6S/c20-16(14-7-8-15(25-14)17(21)22)18-11-12-3-5-13(6-4-12)26(23,24)19-9-1-2-10-19/h3-8H,1-2,9-11H2,(H,18,20)(H,21,22).